The van der Waals surface area contributed by atoms with Crippen LogP contribution in [-0.4, -0.2) is 36.6 Å². The number of carbonyl (C=O) groups excluding carboxylic acids is 1. The Bertz CT molecular complexity index is 399. The van der Waals surface area contributed by atoms with E-state index in [1.54, 1.807) is 6.26 Å². The quantitative estimate of drug-likeness (QED) is 0.841. The van der Waals surface area contributed by atoms with Crippen LogP contribution in [0.1, 0.15) is 44.9 Å². The maximum Gasteiger partial charge on any atom is 0.315 e. The van der Waals surface area contributed by atoms with E-state index in [4.69, 9.17) is 4.42 Å². The lowest BCUT2D eigenvalue weighted by molar-refractivity contribution is 0.202. The zero-order valence-electron chi connectivity index (χ0n) is 12.4. The van der Waals surface area contributed by atoms with E-state index in [-0.39, 0.29) is 18.1 Å². The number of hydrogen-bond donors (Lipinski definition) is 2. The third-order valence-electron chi connectivity index (χ3n) is 3.90. The second kappa shape index (κ2) is 7.33. The molecule has 1 aromatic rings. The predicted molar refractivity (Wildman–Crippen MR) is 78.5 cm³/mol. The first-order valence-corrected chi connectivity index (χ1v) is 7.52. The Balaban J connectivity index is 1.89. The smallest absolute Gasteiger partial charge is 0.315 e. The molecule has 2 N–H and O–H groups in total. The van der Waals surface area contributed by atoms with Crippen LogP contribution >= 0.6 is 0 Å². The highest BCUT2D eigenvalue weighted by atomic mass is 16.3. The average Bonchev–Trinajstić information content (AvgIpc) is 3.11. The van der Waals surface area contributed by atoms with Gasteiger partial charge in [0.05, 0.1) is 12.3 Å². The van der Waals surface area contributed by atoms with Gasteiger partial charge < -0.3 is 15.1 Å². The normalized spacial score (nSPS) is 18.7. The number of urea groups is 1. The minimum Gasteiger partial charge on any atom is -0.468 e. The number of amides is 2. The van der Waals surface area contributed by atoms with Crippen LogP contribution in [0.2, 0.25) is 0 Å². The molecule has 1 aliphatic heterocycles. The number of carbonyl (C=O) groups is 1. The van der Waals surface area contributed by atoms with Crippen molar-refractivity contribution >= 4 is 6.03 Å². The first-order chi connectivity index (χ1) is 9.70. The minimum atomic E-state index is -0.102. The first-order valence-electron chi connectivity index (χ1n) is 7.52. The molecule has 2 unspecified atom stereocenters. The van der Waals surface area contributed by atoms with Crippen molar-refractivity contribution in [2.75, 3.05) is 19.6 Å². The first kappa shape index (κ1) is 14.9. The van der Waals surface area contributed by atoms with Gasteiger partial charge >= 0.3 is 6.03 Å². The molecular weight excluding hydrogens is 254 g/mol. The van der Waals surface area contributed by atoms with Crippen molar-refractivity contribution in [3.63, 3.8) is 0 Å². The van der Waals surface area contributed by atoms with Gasteiger partial charge in [0.2, 0.25) is 0 Å². The summed E-state index contributed by atoms with van der Waals surface area (Å²) in [5.74, 6) is 0.927. The molecule has 0 spiro atoms. The lowest BCUT2D eigenvalue weighted by Crippen LogP contribution is -2.44. The van der Waals surface area contributed by atoms with E-state index in [9.17, 15) is 4.79 Å². The molecule has 2 heterocycles. The summed E-state index contributed by atoms with van der Waals surface area (Å²) in [5, 5.41) is 5.88. The number of nitrogens with zero attached hydrogens (tertiary/aromatic N) is 1. The Kier molecular flexibility index (Phi) is 5.47. The molecular formula is C15H25N3O2. The van der Waals surface area contributed by atoms with Crippen LogP contribution in [0.4, 0.5) is 4.79 Å². The fourth-order valence-corrected chi connectivity index (χ4v) is 2.51. The molecule has 1 aliphatic rings. The summed E-state index contributed by atoms with van der Waals surface area (Å²) < 4.78 is 5.53. The summed E-state index contributed by atoms with van der Waals surface area (Å²) in [6, 6.07) is 4.11. The maximum absolute atomic E-state index is 11.8. The van der Waals surface area contributed by atoms with Gasteiger partial charge in [0.15, 0.2) is 0 Å². The number of nitrogens with one attached hydrogen (secondary N) is 2. The molecule has 2 rings (SSSR count). The molecule has 2 atom stereocenters. The van der Waals surface area contributed by atoms with Crippen molar-refractivity contribution in [3.05, 3.63) is 24.2 Å². The van der Waals surface area contributed by atoms with Gasteiger partial charge in [-0.05, 0) is 51.4 Å². The van der Waals surface area contributed by atoms with Crippen molar-refractivity contribution in [2.24, 2.45) is 0 Å². The van der Waals surface area contributed by atoms with E-state index in [1.165, 1.54) is 12.8 Å². The van der Waals surface area contributed by atoms with Gasteiger partial charge in [-0.2, -0.15) is 0 Å². The van der Waals surface area contributed by atoms with E-state index in [0.717, 1.165) is 25.3 Å². The van der Waals surface area contributed by atoms with Crippen LogP contribution in [0, 0.1) is 0 Å². The summed E-state index contributed by atoms with van der Waals surface area (Å²) in [6.07, 6.45) is 5.06. The number of rotatable bonds is 6. The Hall–Kier alpha value is -1.49. The molecule has 5 nitrogen and oxygen atoms in total. The SMILES string of the molecule is CCC(C)NC(=O)NCC(c1ccco1)N1CCCC1. The van der Waals surface area contributed by atoms with E-state index < -0.39 is 0 Å². The molecule has 5 heteroatoms. The molecule has 0 aromatic carbocycles. The summed E-state index contributed by atoms with van der Waals surface area (Å²) in [5.41, 5.74) is 0. The molecule has 112 valence electrons. The molecule has 0 radical (unpaired) electrons. The summed E-state index contributed by atoms with van der Waals surface area (Å²) in [4.78, 5) is 14.2. The standard InChI is InChI=1S/C15H25N3O2/c1-3-12(2)17-15(19)16-11-13(14-7-6-10-20-14)18-8-4-5-9-18/h6-7,10,12-13H,3-5,8-9,11H2,1-2H3,(H2,16,17,19). The Morgan fingerprint density at radius 3 is 2.80 bits per heavy atom. The van der Waals surface area contributed by atoms with Gasteiger partial charge in [-0.15, -0.1) is 0 Å². The van der Waals surface area contributed by atoms with Crippen molar-refractivity contribution < 1.29 is 9.21 Å². The van der Waals surface area contributed by atoms with Crippen LogP contribution in [0.5, 0.6) is 0 Å². The van der Waals surface area contributed by atoms with Crippen molar-refractivity contribution in [2.45, 2.75) is 45.2 Å². The van der Waals surface area contributed by atoms with Gasteiger partial charge in [-0.3, -0.25) is 4.90 Å². The van der Waals surface area contributed by atoms with Crippen LogP contribution in [0.3, 0.4) is 0 Å². The number of likely N-dealkylation sites (tertiary alicyclic amines) is 1. The Morgan fingerprint density at radius 1 is 1.45 bits per heavy atom. The molecule has 20 heavy (non-hydrogen) atoms. The van der Waals surface area contributed by atoms with Crippen molar-refractivity contribution in [1.82, 2.24) is 15.5 Å². The monoisotopic (exact) mass is 279 g/mol. The molecule has 0 aliphatic carbocycles. The molecule has 1 saturated heterocycles. The predicted octanol–water partition coefficient (Wildman–Crippen LogP) is 2.51. The summed E-state index contributed by atoms with van der Waals surface area (Å²) in [7, 11) is 0. The summed E-state index contributed by atoms with van der Waals surface area (Å²) >= 11 is 0. The minimum absolute atomic E-state index is 0.102. The van der Waals surface area contributed by atoms with E-state index in [2.05, 4.69) is 22.5 Å². The highest BCUT2D eigenvalue weighted by Crippen LogP contribution is 2.24. The molecule has 1 aromatic heterocycles. The van der Waals surface area contributed by atoms with Crippen molar-refractivity contribution in [3.8, 4) is 0 Å². The van der Waals surface area contributed by atoms with E-state index in [0.29, 0.717) is 6.54 Å². The third-order valence-corrected chi connectivity index (χ3v) is 3.90. The second-order valence-electron chi connectivity index (χ2n) is 5.44. The topological polar surface area (TPSA) is 57.5 Å². The highest BCUT2D eigenvalue weighted by molar-refractivity contribution is 5.74. The van der Waals surface area contributed by atoms with Crippen LogP contribution in [0.25, 0.3) is 0 Å². The van der Waals surface area contributed by atoms with Gasteiger partial charge in [0, 0.05) is 12.6 Å². The lowest BCUT2D eigenvalue weighted by atomic mass is 10.2. The molecule has 2 amide bonds. The number of furan rings is 1. The van der Waals surface area contributed by atoms with Crippen LogP contribution in [-0.2, 0) is 0 Å². The fourth-order valence-electron chi connectivity index (χ4n) is 2.51. The van der Waals surface area contributed by atoms with Gasteiger partial charge in [0.1, 0.15) is 5.76 Å². The Labute approximate surface area is 120 Å². The van der Waals surface area contributed by atoms with E-state index in [1.807, 2.05) is 19.1 Å². The zero-order chi connectivity index (χ0) is 14.4. The summed E-state index contributed by atoms with van der Waals surface area (Å²) in [6.45, 7) is 6.78. The van der Waals surface area contributed by atoms with Crippen LogP contribution < -0.4 is 10.6 Å². The average molecular weight is 279 g/mol. The molecule has 1 fully saturated rings. The third kappa shape index (κ3) is 4.00. The van der Waals surface area contributed by atoms with Gasteiger partial charge in [0.25, 0.3) is 0 Å². The second-order valence-corrected chi connectivity index (χ2v) is 5.44. The van der Waals surface area contributed by atoms with Crippen molar-refractivity contribution in [1.29, 1.82) is 0 Å². The van der Waals surface area contributed by atoms with Gasteiger partial charge in [-0.1, -0.05) is 6.92 Å². The zero-order valence-corrected chi connectivity index (χ0v) is 12.4. The largest absolute Gasteiger partial charge is 0.468 e. The molecule has 0 saturated carbocycles. The van der Waals surface area contributed by atoms with E-state index >= 15 is 0 Å². The molecule has 0 bridgehead atoms. The highest BCUT2D eigenvalue weighted by Gasteiger charge is 2.25. The maximum atomic E-state index is 11.8. The lowest BCUT2D eigenvalue weighted by Gasteiger charge is -2.26. The van der Waals surface area contributed by atoms with Crippen LogP contribution in [0.15, 0.2) is 22.8 Å². The Morgan fingerprint density at radius 2 is 2.20 bits per heavy atom. The fraction of sp³-hybridized carbons (Fsp3) is 0.667. The number of hydrogen-bond acceptors (Lipinski definition) is 3. The van der Waals surface area contributed by atoms with Gasteiger partial charge in [-0.25, -0.2) is 4.79 Å².